The number of amides is 1. The van der Waals surface area contributed by atoms with Crippen LogP contribution in [0.5, 0.6) is 0 Å². The molecule has 0 heterocycles. The number of hydrogen-bond donors (Lipinski definition) is 2. The van der Waals surface area contributed by atoms with E-state index < -0.39 is 0 Å². The van der Waals surface area contributed by atoms with Crippen molar-refractivity contribution in [2.75, 3.05) is 33.3 Å². The quantitative estimate of drug-likeness (QED) is 0.633. The van der Waals surface area contributed by atoms with Crippen molar-refractivity contribution in [2.45, 2.75) is 51.4 Å². The molecule has 1 aromatic rings. The molecule has 4 bridgehead atoms. The van der Waals surface area contributed by atoms with E-state index in [1.807, 2.05) is 25.2 Å². The fourth-order valence-electron chi connectivity index (χ4n) is 6.61. The number of rotatable bonds is 9. The van der Waals surface area contributed by atoms with Gasteiger partial charge in [0.1, 0.15) is 0 Å². The van der Waals surface area contributed by atoms with Crippen molar-refractivity contribution in [3.63, 3.8) is 0 Å². The summed E-state index contributed by atoms with van der Waals surface area (Å²) in [4.78, 5) is 15.1. The van der Waals surface area contributed by atoms with Crippen molar-refractivity contribution in [3.05, 3.63) is 34.3 Å². The van der Waals surface area contributed by atoms with Crippen LogP contribution in [0.3, 0.4) is 0 Å². The van der Waals surface area contributed by atoms with Crippen LogP contribution < -0.4 is 5.32 Å². The first-order valence-corrected chi connectivity index (χ1v) is 11.7. The van der Waals surface area contributed by atoms with Crippen LogP contribution in [-0.4, -0.2) is 49.2 Å². The minimum atomic E-state index is -0.0232. The standard InChI is InChI=1S/C24H35ClN2O2/c1-27(7-8-28)6-2-3-17-4-5-22(25)21(12-17)23(29)26-16-24-13-18-9-19(14-24)11-20(10-18)15-24/h4-5,12,18-20,28H,2-3,6-11,13-16H2,1H3,(H,26,29). The zero-order valence-corrected chi connectivity index (χ0v) is 18.4. The van der Waals surface area contributed by atoms with Gasteiger partial charge in [0.15, 0.2) is 0 Å². The van der Waals surface area contributed by atoms with Gasteiger partial charge in [-0.15, -0.1) is 0 Å². The Bertz CT molecular complexity index is 700. The third-order valence-electron chi connectivity index (χ3n) is 7.55. The van der Waals surface area contributed by atoms with Crippen LogP contribution in [0.25, 0.3) is 0 Å². The van der Waals surface area contributed by atoms with Gasteiger partial charge in [0, 0.05) is 13.1 Å². The molecule has 1 amide bonds. The maximum absolute atomic E-state index is 12.9. The SMILES string of the molecule is CN(CCO)CCCc1ccc(Cl)c(C(=O)NCC23CC4CC(CC(C4)C2)C3)c1. The fraction of sp³-hybridized carbons (Fsp3) is 0.708. The van der Waals surface area contributed by atoms with Crippen molar-refractivity contribution in [2.24, 2.45) is 23.2 Å². The molecule has 0 spiro atoms. The Kier molecular flexibility index (Phi) is 6.53. The Morgan fingerprint density at radius 1 is 1.17 bits per heavy atom. The van der Waals surface area contributed by atoms with Gasteiger partial charge >= 0.3 is 0 Å². The molecule has 0 saturated heterocycles. The third-order valence-corrected chi connectivity index (χ3v) is 7.88. The molecule has 4 saturated carbocycles. The third kappa shape index (κ3) is 4.98. The van der Waals surface area contributed by atoms with Gasteiger partial charge in [0.2, 0.25) is 0 Å². The highest BCUT2D eigenvalue weighted by Gasteiger charge is 2.50. The molecule has 0 radical (unpaired) electrons. The summed E-state index contributed by atoms with van der Waals surface area (Å²) < 4.78 is 0. The summed E-state index contributed by atoms with van der Waals surface area (Å²) in [5.74, 6) is 2.67. The number of aryl methyl sites for hydroxylation is 1. The number of likely N-dealkylation sites (N-methyl/N-ethyl adjacent to an activating group) is 1. The lowest BCUT2D eigenvalue weighted by molar-refractivity contribution is -0.0503. The van der Waals surface area contributed by atoms with Crippen LogP contribution in [0.2, 0.25) is 5.02 Å². The van der Waals surface area contributed by atoms with Crippen LogP contribution in [0.15, 0.2) is 18.2 Å². The number of carbonyl (C=O) groups is 1. The molecule has 1 aromatic carbocycles. The number of aliphatic hydroxyl groups is 1. The number of benzene rings is 1. The van der Waals surface area contributed by atoms with E-state index in [0.29, 0.717) is 22.5 Å². The molecular formula is C24H35ClN2O2. The predicted octanol–water partition coefficient (Wildman–Crippen LogP) is 4.14. The molecule has 0 atom stereocenters. The molecule has 4 aliphatic rings. The molecule has 5 heteroatoms. The van der Waals surface area contributed by atoms with Gasteiger partial charge in [0.25, 0.3) is 5.91 Å². The van der Waals surface area contributed by atoms with Crippen LogP contribution in [-0.2, 0) is 6.42 Å². The summed E-state index contributed by atoms with van der Waals surface area (Å²) in [5, 5.41) is 12.8. The maximum atomic E-state index is 12.9. The van der Waals surface area contributed by atoms with Gasteiger partial charge in [-0.2, -0.15) is 0 Å². The lowest BCUT2D eigenvalue weighted by Crippen LogP contribution is -2.51. The van der Waals surface area contributed by atoms with Gasteiger partial charge < -0.3 is 15.3 Å². The predicted molar refractivity (Wildman–Crippen MR) is 117 cm³/mol. The lowest BCUT2D eigenvalue weighted by Gasteiger charge is -2.56. The minimum absolute atomic E-state index is 0.0232. The summed E-state index contributed by atoms with van der Waals surface area (Å²) in [7, 11) is 2.02. The lowest BCUT2D eigenvalue weighted by atomic mass is 9.49. The summed E-state index contributed by atoms with van der Waals surface area (Å²) in [6.45, 7) is 2.61. The first-order valence-electron chi connectivity index (χ1n) is 11.3. The largest absolute Gasteiger partial charge is 0.395 e. The molecule has 0 aliphatic heterocycles. The first kappa shape index (κ1) is 21.1. The zero-order valence-electron chi connectivity index (χ0n) is 17.6. The Morgan fingerprint density at radius 3 is 2.45 bits per heavy atom. The van der Waals surface area contributed by atoms with Gasteiger partial charge in [-0.05, 0) is 106 Å². The highest BCUT2D eigenvalue weighted by atomic mass is 35.5. The summed E-state index contributed by atoms with van der Waals surface area (Å²) >= 11 is 6.37. The van der Waals surface area contributed by atoms with E-state index in [9.17, 15) is 4.79 Å². The molecule has 5 rings (SSSR count). The Hall–Kier alpha value is -1.10. The Labute approximate surface area is 180 Å². The van der Waals surface area contributed by atoms with Crippen LogP contribution in [0.4, 0.5) is 0 Å². The van der Waals surface area contributed by atoms with Crippen LogP contribution in [0, 0.1) is 23.2 Å². The normalized spacial score (nSPS) is 30.1. The topological polar surface area (TPSA) is 52.6 Å². The highest BCUT2D eigenvalue weighted by molar-refractivity contribution is 6.33. The van der Waals surface area contributed by atoms with E-state index in [2.05, 4.69) is 10.2 Å². The molecule has 2 N–H and O–H groups in total. The van der Waals surface area contributed by atoms with Gasteiger partial charge in [-0.3, -0.25) is 4.79 Å². The second-order valence-corrected chi connectivity index (χ2v) is 10.5. The summed E-state index contributed by atoms with van der Waals surface area (Å²) in [5.41, 5.74) is 2.09. The second kappa shape index (κ2) is 8.95. The van der Waals surface area contributed by atoms with Crippen LogP contribution >= 0.6 is 11.6 Å². The summed E-state index contributed by atoms with van der Waals surface area (Å²) in [6, 6.07) is 5.83. The van der Waals surface area contributed by atoms with Crippen molar-refractivity contribution in [3.8, 4) is 0 Å². The van der Waals surface area contributed by atoms with Crippen molar-refractivity contribution in [1.29, 1.82) is 0 Å². The Balaban J connectivity index is 1.33. The van der Waals surface area contributed by atoms with Crippen LogP contribution in [0.1, 0.15) is 60.9 Å². The van der Waals surface area contributed by atoms with E-state index in [1.54, 1.807) is 0 Å². The molecule has 4 fully saturated rings. The molecule has 160 valence electrons. The smallest absolute Gasteiger partial charge is 0.252 e. The molecule has 4 nitrogen and oxygen atoms in total. The van der Waals surface area contributed by atoms with Crippen molar-refractivity contribution in [1.82, 2.24) is 10.2 Å². The van der Waals surface area contributed by atoms with Gasteiger partial charge in [-0.1, -0.05) is 17.7 Å². The van der Waals surface area contributed by atoms with E-state index in [1.165, 1.54) is 38.5 Å². The number of nitrogens with zero attached hydrogens (tertiary/aromatic N) is 1. The van der Waals surface area contributed by atoms with E-state index in [4.69, 9.17) is 16.7 Å². The fourth-order valence-corrected chi connectivity index (χ4v) is 6.81. The second-order valence-electron chi connectivity index (χ2n) is 10.0. The zero-order chi connectivity index (χ0) is 20.4. The highest BCUT2D eigenvalue weighted by Crippen LogP contribution is 2.59. The number of nitrogens with one attached hydrogen (secondary N) is 1. The van der Waals surface area contributed by atoms with Gasteiger partial charge in [0.05, 0.1) is 17.2 Å². The van der Waals surface area contributed by atoms with Crippen molar-refractivity contribution >= 4 is 17.5 Å². The van der Waals surface area contributed by atoms with E-state index in [-0.39, 0.29) is 12.5 Å². The monoisotopic (exact) mass is 418 g/mol. The maximum Gasteiger partial charge on any atom is 0.252 e. The molecule has 29 heavy (non-hydrogen) atoms. The number of hydrogen-bond acceptors (Lipinski definition) is 3. The number of halogens is 1. The van der Waals surface area contributed by atoms with E-state index >= 15 is 0 Å². The number of carbonyl (C=O) groups excluding carboxylic acids is 1. The van der Waals surface area contributed by atoms with Crippen molar-refractivity contribution < 1.29 is 9.90 Å². The first-order chi connectivity index (χ1) is 14.0. The Morgan fingerprint density at radius 2 is 1.83 bits per heavy atom. The number of aliphatic hydroxyl groups excluding tert-OH is 1. The van der Waals surface area contributed by atoms with E-state index in [0.717, 1.165) is 49.2 Å². The molecular weight excluding hydrogens is 384 g/mol. The molecule has 0 unspecified atom stereocenters. The molecule has 0 aromatic heterocycles. The average molecular weight is 419 g/mol. The average Bonchev–Trinajstić information content (AvgIpc) is 2.67. The minimum Gasteiger partial charge on any atom is -0.395 e. The van der Waals surface area contributed by atoms with Gasteiger partial charge in [-0.25, -0.2) is 0 Å². The summed E-state index contributed by atoms with van der Waals surface area (Å²) in [6.07, 6.45) is 10.1. The molecule has 4 aliphatic carbocycles.